The van der Waals surface area contributed by atoms with Crippen molar-refractivity contribution in [2.45, 2.75) is 18.6 Å². The molecule has 0 aliphatic heterocycles. The maximum Gasteiger partial charge on any atom is 0.244 e. The Morgan fingerprint density at radius 1 is 0.938 bits per heavy atom. The Balaban J connectivity index is 1.48. The molecule has 0 aliphatic rings. The fourth-order valence-electron chi connectivity index (χ4n) is 3.18. The highest BCUT2D eigenvalue weighted by Crippen LogP contribution is 2.25. The van der Waals surface area contributed by atoms with E-state index in [4.69, 9.17) is 0 Å². The molecule has 0 aliphatic carbocycles. The zero-order valence-electron chi connectivity index (χ0n) is 17.3. The van der Waals surface area contributed by atoms with Gasteiger partial charge in [-0.05, 0) is 43.3 Å². The summed E-state index contributed by atoms with van der Waals surface area (Å²) in [6.07, 6.45) is 0. The number of hydrogen-bond donors (Lipinski definition) is 2. The molecule has 3 aromatic carbocycles. The second-order valence-corrected chi connectivity index (χ2v) is 8.14. The molecular weight excluding hydrogens is 427 g/mol. The van der Waals surface area contributed by atoms with Gasteiger partial charge in [0.05, 0.1) is 22.5 Å². The summed E-state index contributed by atoms with van der Waals surface area (Å²) in [7, 11) is 0. The smallest absolute Gasteiger partial charge is 0.244 e. The highest BCUT2D eigenvalue weighted by atomic mass is 32.2. The fraction of sp³-hybridized carbons (Fsp3) is 0.125. The zero-order chi connectivity index (χ0) is 22.5. The van der Waals surface area contributed by atoms with Crippen LogP contribution in [0.4, 0.5) is 15.8 Å². The molecule has 1 aromatic heterocycles. The average molecular weight is 449 g/mol. The number of nitrogens with one attached hydrogen (secondary N) is 2. The van der Waals surface area contributed by atoms with Gasteiger partial charge in [-0.15, -0.1) is 0 Å². The van der Waals surface area contributed by atoms with Crippen molar-refractivity contribution in [3.05, 3.63) is 84.2 Å². The summed E-state index contributed by atoms with van der Waals surface area (Å²) in [5, 5.41) is 5.98. The standard InChI is InChI=1S/C24H21FN4O2S/c1-16-10-12-17(13-11-16)26-23(31)15-32-24-28-20-8-4-5-9-21(20)29(24)14-22(30)27-19-7-3-2-6-18(19)25/h2-13H,14-15H2,1H3,(H,26,31)(H,27,30). The number of thioether (sulfide) groups is 1. The lowest BCUT2D eigenvalue weighted by Crippen LogP contribution is -2.20. The van der Waals surface area contributed by atoms with E-state index in [0.717, 1.165) is 16.8 Å². The van der Waals surface area contributed by atoms with Crippen LogP contribution in [-0.2, 0) is 16.1 Å². The van der Waals surface area contributed by atoms with Crippen molar-refractivity contribution in [2.24, 2.45) is 0 Å². The Morgan fingerprint density at radius 2 is 1.66 bits per heavy atom. The molecule has 8 heteroatoms. The van der Waals surface area contributed by atoms with Gasteiger partial charge in [0.2, 0.25) is 11.8 Å². The minimum Gasteiger partial charge on any atom is -0.325 e. The highest BCUT2D eigenvalue weighted by Gasteiger charge is 2.16. The van der Waals surface area contributed by atoms with Crippen molar-refractivity contribution < 1.29 is 14.0 Å². The summed E-state index contributed by atoms with van der Waals surface area (Å²) >= 11 is 1.24. The second-order valence-electron chi connectivity index (χ2n) is 7.20. The van der Waals surface area contributed by atoms with Crippen molar-refractivity contribution in [3.8, 4) is 0 Å². The number of imidazole rings is 1. The maximum atomic E-state index is 13.9. The molecule has 0 saturated heterocycles. The van der Waals surface area contributed by atoms with E-state index < -0.39 is 5.82 Å². The van der Waals surface area contributed by atoms with E-state index in [0.29, 0.717) is 10.7 Å². The summed E-state index contributed by atoms with van der Waals surface area (Å²) < 4.78 is 15.6. The van der Waals surface area contributed by atoms with Crippen LogP contribution in [-0.4, -0.2) is 27.1 Å². The minimum atomic E-state index is -0.501. The van der Waals surface area contributed by atoms with Gasteiger partial charge in [0, 0.05) is 5.69 Å². The number of benzene rings is 3. The van der Waals surface area contributed by atoms with Gasteiger partial charge in [0.1, 0.15) is 12.4 Å². The zero-order valence-corrected chi connectivity index (χ0v) is 18.2. The van der Waals surface area contributed by atoms with Crippen molar-refractivity contribution in [1.82, 2.24) is 9.55 Å². The van der Waals surface area contributed by atoms with Crippen molar-refractivity contribution in [3.63, 3.8) is 0 Å². The third-order valence-electron chi connectivity index (χ3n) is 4.74. The van der Waals surface area contributed by atoms with Crippen LogP contribution in [0.5, 0.6) is 0 Å². The molecule has 0 radical (unpaired) electrons. The number of halogens is 1. The van der Waals surface area contributed by atoms with E-state index in [-0.39, 0.29) is 29.8 Å². The van der Waals surface area contributed by atoms with Crippen LogP contribution in [0, 0.1) is 12.7 Å². The molecule has 2 amide bonds. The third kappa shape index (κ3) is 5.15. The van der Waals surface area contributed by atoms with Crippen molar-refractivity contribution in [2.75, 3.05) is 16.4 Å². The first-order valence-corrected chi connectivity index (χ1v) is 11.0. The monoisotopic (exact) mass is 448 g/mol. The largest absolute Gasteiger partial charge is 0.325 e. The topological polar surface area (TPSA) is 76.0 Å². The number of fused-ring (bicyclic) bond motifs is 1. The van der Waals surface area contributed by atoms with Crippen LogP contribution in [0.3, 0.4) is 0 Å². The molecule has 0 fully saturated rings. The maximum absolute atomic E-state index is 13.9. The number of anilines is 2. The molecular formula is C24H21FN4O2S. The Kier molecular flexibility index (Phi) is 6.51. The number of aryl methyl sites for hydroxylation is 1. The Bertz CT molecular complexity index is 1270. The van der Waals surface area contributed by atoms with Crippen molar-refractivity contribution in [1.29, 1.82) is 0 Å². The minimum absolute atomic E-state index is 0.0588. The van der Waals surface area contributed by atoms with Crippen LogP contribution >= 0.6 is 11.8 Å². The number of aromatic nitrogens is 2. The highest BCUT2D eigenvalue weighted by molar-refractivity contribution is 7.99. The molecule has 2 N–H and O–H groups in total. The van der Waals surface area contributed by atoms with Gasteiger partial charge < -0.3 is 15.2 Å². The van der Waals surface area contributed by atoms with Gasteiger partial charge in [0.25, 0.3) is 0 Å². The summed E-state index contributed by atoms with van der Waals surface area (Å²) in [6.45, 7) is 1.92. The summed E-state index contributed by atoms with van der Waals surface area (Å²) in [5.41, 5.74) is 3.43. The molecule has 0 atom stereocenters. The number of carbonyl (C=O) groups is 2. The Labute approximate surface area is 188 Å². The lowest BCUT2D eigenvalue weighted by molar-refractivity contribution is -0.117. The van der Waals surface area contributed by atoms with E-state index in [1.165, 1.54) is 23.9 Å². The number of para-hydroxylation sites is 3. The van der Waals surface area contributed by atoms with E-state index >= 15 is 0 Å². The van der Waals surface area contributed by atoms with Crippen LogP contribution in [0.2, 0.25) is 0 Å². The molecule has 162 valence electrons. The van der Waals surface area contributed by atoms with Gasteiger partial charge in [-0.1, -0.05) is 53.7 Å². The number of rotatable bonds is 7. The van der Waals surface area contributed by atoms with Gasteiger partial charge in [0.15, 0.2) is 5.16 Å². The summed E-state index contributed by atoms with van der Waals surface area (Å²) in [4.78, 5) is 29.6. The number of carbonyl (C=O) groups excluding carboxylic acids is 2. The van der Waals surface area contributed by atoms with Crippen LogP contribution in [0.1, 0.15) is 5.56 Å². The SMILES string of the molecule is Cc1ccc(NC(=O)CSc2nc3ccccc3n2CC(=O)Nc2ccccc2F)cc1. The lowest BCUT2D eigenvalue weighted by atomic mass is 10.2. The fourth-order valence-corrected chi connectivity index (χ4v) is 3.99. The molecule has 1 heterocycles. The predicted molar refractivity (Wildman–Crippen MR) is 125 cm³/mol. The molecule has 0 bridgehead atoms. The van der Waals surface area contributed by atoms with E-state index in [1.54, 1.807) is 16.7 Å². The Morgan fingerprint density at radius 3 is 2.44 bits per heavy atom. The van der Waals surface area contributed by atoms with Gasteiger partial charge in [-0.2, -0.15) is 0 Å². The summed E-state index contributed by atoms with van der Waals surface area (Å²) in [5.74, 6) is -0.928. The van der Waals surface area contributed by atoms with Gasteiger partial charge in [-0.3, -0.25) is 9.59 Å². The number of hydrogen-bond acceptors (Lipinski definition) is 4. The molecule has 0 saturated carbocycles. The Hall–Kier alpha value is -3.65. The van der Waals surface area contributed by atoms with Gasteiger partial charge in [-0.25, -0.2) is 9.37 Å². The molecule has 4 aromatic rings. The van der Waals surface area contributed by atoms with Crippen LogP contribution in [0.15, 0.2) is 78.0 Å². The first-order valence-electron chi connectivity index (χ1n) is 9.98. The molecule has 0 unspecified atom stereocenters. The molecule has 0 spiro atoms. The summed E-state index contributed by atoms with van der Waals surface area (Å²) in [6, 6.07) is 21.0. The van der Waals surface area contributed by atoms with Crippen LogP contribution in [0.25, 0.3) is 11.0 Å². The van der Waals surface area contributed by atoms with E-state index in [2.05, 4.69) is 15.6 Å². The molecule has 32 heavy (non-hydrogen) atoms. The van der Waals surface area contributed by atoms with Crippen molar-refractivity contribution >= 4 is 46.0 Å². The lowest BCUT2D eigenvalue weighted by Gasteiger charge is -2.10. The molecule has 6 nitrogen and oxygen atoms in total. The molecule has 4 rings (SSSR count). The second kappa shape index (κ2) is 9.65. The number of nitrogens with zero attached hydrogens (tertiary/aromatic N) is 2. The van der Waals surface area contributed by atoms with E-state index in [9.17, 15) is 14.0 Å². The quantitative estimate of drug-likeness (QED) is 0.396. The van der Waals surface area contributed by atoms with Gasteiger partial charge >= 0.3 is 0 Å². The number of amides is 2. The first-order chi connectivity index (χ1) is 15.5. The normalized spacial score (nSPS) is 10.8. The third-order valence-corrected chi connectivity index (χ3v) is 5.71. The van der Waals surface area contributed by atoms with Crippen LogP contribution < -0.4 is 10.6 Å². The average Bonchev–Trinajstić information content (AvgIpc) is 3.13. The first kappa shape index (κ1) is 21.6. The van der Waals surface area contributed by atoms with E-state index in [1.807, 2.05) is 55.5 Å². The predicted octanol–water partition coefficient (Wildman–Crippen LogP) is 4.85.